The Balaban J connectivity index is 2.69. The average Bonchev–Trinajstić information content (AvgIpc) is 1.75. The van der Waals surface area contributed by atoms with Crippen LogP contribution in [0.25, 0.3) is 0 Å². The predicted octanol–water partition coefficient (Wildman–Crippen LogP) is 1.62. The van der Waals surface area contributed by atoms with E-state index in [2.05, 4.69) is 33.6 Å². The molecule has 1 fully saturated rings. The Hall–Kier alpha value is -0.0200. The summed E-state index contributed by atoms with van der Waals surface area (Å²) < 4.78 is 13.6. The third-order valence-corrected chi connectivity index (χ3v) is 4.76. The minimum Gasteiger partial charge on any atom is -0.253 e. The van der Waals surface area contributed by atoms with Crippen molar-refractivity contribution in [3.05, 3.63) is 0 Å². The Bertz CT molecular complexity index is 291. The smallest absolute Gasteiger partial charge is 0.0245 e. The fraction of sp³-hybridized carbons (Fsp3) is 0.900. The van der Waals surface area contributed by atoms with E-state index in [0.717, 1.165) is 13.1 Å². The molecule has 0 aliphatic carbocycles. The molecular weight excluding hydrogens is 182 g/mol. The first kappa shape index (κ1) is 11.1. The highest BCUT2D eigenvalue weighted by molar-refractivity contribution is 7.97. The van der Waals surface area contributed by atoms with Crippen molar-refractivity contribution in [1.82, 2.24) is 4.31 Å². The Kier molecular flexibility index (Phi) is 2.33. The van der Waals surface area contributed by atoms with E-state index in [0.29, 0.717) is 5.41 Å². The van der Waals surface area contributed by atoms with E-state index in [1.165, 1.54) is 0 Å². The van der Waals surface area contributed by atoms with E-state index < -0.39 is 9.71 Å². The van der Waals surface area contributed by atoms with Gasteiger partial charge in [-0.15, -0.1) is 0 Å². The normalized spacial score (nSPS) is 27.8. The van der Waals surface area contributed by atoms with Gasteiger partial charge < -0.3 is 0 Å². The number of nitrogens with zero attached hydrogens (tertiary/aromatic N) is 1. The van der Waals surface area contributed by atoms with Crippen LogP contribution in [-0.2, 0) is 9.71 Å². The second-order valence-electron chi connectivity index (χ2n) is 5.57. The summed E-state index contributed by atoms with van der Waals surface area (Å²) in [5, 5.41) is 0. The van der Waals surface area contributed by atoms with Crippen LogP contribution in [0.3, 0.4) is 0 Å². The molecule has 1 heterocycles. The van der Waals surface area contributed by atoms with Crippen molar-refractivity contribution in [1.29, 1.82) is 0 Å². The number of hydrogen-bond donors (Lipinski definition) is 0. The van der Waals surface area contributed by atoms with Gasteiger partial charge in [-0.3, -0.25) is 4.21 Å². The first-order valence-electron chi connectivity index (χ1n) is 4.64. The molecule has 1 atom stereocenters. The maximum absolute atomic E-state index is 11.6. The molecule has 0 spiro atoms. The molecule has 0 bridgehead atoms. The van der Waals surface area contributed by atoms with Crippen LogP contribution in [-0.4, -0.2) is 33.7 Å². The quantitative estimate of drug-likeness (QED) is 0.593. The molecule has 3 heteroatoms. The van der Waals surface area contributed by atoms with E-state index in [-0.39, 0.29) is 5.41 Å². The molecule has 1 aliphatic heterocycles. The fourth-order valence-corrected chi connectivity index (χ4v) is 2.60. The Labute approximate surface area is 82.5 Å². The molecule has 1 aliphatic rings. The molecule has 0 radical (unpaired) electrons. The molecule has 0 aromatic carbocycles. The Morgan fingerprint density at radius 3 is 2.00 bits per heavy atom. The molecule has 0 N–H and O–H groups in total. The van der Waals surface area contributed by atoms with Gasteiger partial charge >= 0.3 is 0 Å². The molecule has 1 saturated heterocycles. The van der Waals surface area contributed by atoms with Crippen LogP contribution in [0, 0.1) is 10.8 Å². The van der Waals surface area contributed by atoms with Crippen LogP contribution in [0.2, 0.25) is 0 Å². The summed E-state index contributed by atoms with van der Waals surface area (Å²) in [5.74, 6) is 3.69. The van der Waals surface area contributed by atoms with Gasteiger partial charge in [0.1, 0.15) is 0 Å². The van der Waals surface area contributed by atoms with Gasteiger partial charge in [0.25, 0.3) is 0 Å². The van der Waals surface area contributed by atoms with Gasteiger partial charge in [0.15, 0.2) is 0 Å². The van der Waals surface area contributed by atoms with Crippen LogP contribution < -0.4 is 0 Å². The van der Waals surface area contributed by atoms with Crippen LogP contribution >= 0.6 is 0 Å². The van der Waals surface area contributed by atoms with Gasteiger partial charge in [-0.25, -0.2) is 4.31 Å². The molecule has 1 unspecified atom stereocenters. The first-order chi connectivity index (χ1) is 5.56. The summed E-state index contributed by atoms with van der Waals surface area (Å²) in [4.78, 5) is 0. The molecule has 1 rings (SSSR count). The lowest BCUT2D eigenvalue weighted by Crippen LogP contribution is -2.61. The van der Waals surface area contributed by atoms with Crippen LogP contribution in [0.15, 0.2) is 0 Å². The van der Waals surface area contributed by atoms with Gasteiger partial charge in [0.2, 0.25) is 0 Å². The van der Waals surface area contributed by atoms with E-state index in [1.807, 2.05) is 4.31 Å². The van der Waals surface area contributed by atoms with E-state index in [1.54, 1.807) is 6.26 Å². The van der Waals surface area contributed by atoms with Crippen LogP contribution in [0.4, 0.5) is 0 Å². The van der Waals surface area contributed by atoms with Gasteiger partial charge in [-0.1, -0.05) is 27.7 Å². The van der Waals surface area contributed by atoms with Crippen molar-refractivity contribution in [2.45, 2.75) is 27.7 Å². The predicted molar refractivity (Wildman–Crippen MR) is 60.3 cm³/mol. The topological polar surface area (TPSA) is 20.3 Å². The van der Waals surface area contributed by atoms with Crippen molar-refractivity contribution in [3.8, 4) is 0 Å². The van der Waals surface area contributed by atoms with Crippen molar-refractivity contribution < 1.29 is 4.21 Å². The minimum atomic E-state index is -1.96. The van der Waals surface area contributed by atoms with E-state index in [9.17, 15) is 4.21 Å². The van der Waals surface area contributed by atoms with E-state index in [4.69, 9.17) is 0 Å². The molecule has 0 aromatic heterocycles. The monoisotopic (exact) mass is 203 g/mol. The Morgan fingerprint density at radius 1 is 1.38 bits per heavy atom. The van der Waals surface area contributed by atoms with Crippen molar-refractivity contribution in [3.63, 3.8) is 0 Å². The summed E-state index contributed by atoms with van der Waals surface area (Å²) in [7, 11) is -1.96. The summed E-state index contributed by atoms with van der Waals surface area (Å²) >= 11 is 0. The molecule has 0 saturated carbocycles. The van der Waals surface area contributed by atoms with Crippen molar-refractivity contribution >= 4 is 15.6 Å². The molecule has 0 amide bonds. The van der Waals surface area contributed by atoms with Crippen LogP contribution in [0.5, 0.6) is 0 Å². The lowest BCUT2D eigenvalue weighted by atomic mass is 9.64. The maximum atomic E-state index is 11.6. The summed E-state index contributed by atoms with van der Waals surface area (Å²) in [5.41, 5.74) is 0.581. The zero-order valence-electron chi connectivity index (χ0n) is 9.39. The van der Waals surface area contributed by atoms with E-state index >= 15 is 0 Å². The molecule has 2 nitrogen and oxygen atoms in total. The lowest BCUT2D eigenvalue weighted by molar-refractivity contribution is -0.0148. The van der Waals surface area contributed by atoms with Gasteiger partial charge in [0.05, 0.1) is 0 Å². The highest BCUT2D eigenvalue weighted by atomic mass is 32.2. The number of hydrogen-bond acceptors (Lipinski definition) is 1. The molecular formula is C10H21NOS. The molecule has 0 aromatic rings. The largest absolute Gasteiger partial charge is 0.253 e. The fourth-order valence-electron chi connectivity index (χ4n) is 1.48. The maximum Gasteiger partial charge on any atom is 0.0245 e. The summed E-state index contributed by atoms with van der Waals surface area (Å²) in [6.45, 7) is 10.8. The second-order valence-corrected chi connectivity index (χ2v) is 8.00. The highest BCUT2D eigenvalue weighted by Crippen LogP contribution is 2.46. The van der Waals surface area contributed by atoms with Gasteiger partial charge in [0, 0.05) is 29.1 Å². The molecule has 78 valence electrons. The van der Waals surface area contributed by atoms with Crippen molar-refractivity contribution in [2.75, 3.05) is 19.3 Å². The Morgan fingerprint density at radius 2 is 1.77 bits per heavy atom. The van der Waals surface area contributed by atoms with Gasteiger partial charge in [-0.2, -0.15) is 0 Å². The third kappa shape index (κ3) is 1.91. The minimum absolute atomic E-state index is 0.286. The standard InChI is InChI=1S/C10H21NOS/c1-9(2,3)10(4)7-11(8-10)13(5,6)12/h5,7-8H2,1-4,6H3. The SMILES string of the molecule is C=S(C)(=O)N1CC(C)(C(C)(C)C)C1. The highest BCUT2D eigenvalue weighted by Gasteiger charge is 2.48. The lowest BCUT2D eigenvalue weighted by Gasteiger charge is -2.55. The summed E-state index contributed by atoms with van der Waals surface area (Å²) in [6, 6.07) is 0. The van der Waals surface area contributed by atoms with Gasteiger partial charge in [-0.05, 0) is 16.7 Å². The third-order valence-electron chi connectivity index (χ3n) is 3.41. The van der Waals surface area contributed by atoms with Crippen molar-refractivity contribution in [2.24, 2.45) is 10.8 Å². The summed E-state index contributed by atoms with van der Waals surface area (Å²) in [6.07, 6.45) is 1.72. The molecule has 13 heavy (non-hydrogen) atoms. The van der Waals surface area contributed by atoms with Crippen LogP contribution in [0.1, 0.15) is 27.7 Å². The average molecular weight is 203 g/mol. The zero-order valence-corrected chi connectivity index (χ0v) is 10.2. The first-order valence-corrected chi connectivity index (χ1v) is 6.73. The second kappa shape index (κ2) is 2.74. The number of rotatable bonds is 1. The zero-order chi connectivity index (χ0) is 10.5.